The van der Waals surface area contributed by atoms with Gasteiger partial charge in [0.2, 0.25) is 5.78 Å². The predicted octanol–water partition coefficient (Wildman–Crippen LogP) is 1.09. The molecule has 0 aliphatic rings. The molecule has 0 fully saturated rings. The van der Waals surface area contributed by atoms with Crippen molar-refractivity contribution in [3.05, 3.63) is 40.9 Å². The van der Waals surface area contributed by atoms with Gasteiger partial charge in [0.1, 0.15) is 10.8 Å². The lowest BCUT2D eigenvalue weighted by Crippen LogP contribution is -2.08. The van der Waals surface area contributed by atoms with E-state index in [-0.39, 0.29) is 5.78 Å². The third-order valence-electron chi connectivity index (χ3n) is 1.94. The Morgan fingerprint density at radius 2 is 2.20 bits per heavy atom. The Balaban J connectivity index is 2.37. The van der Waals surface area contributed by atoms with Gasteiger partial charge in [0.15, 0.2) is 0 Å². The van der Waals surface area contributed by atoms with Crippen molar-refractivity contribution in [1.82, 2.24) is 20.0 Å². The van der Waals surface area contributed by atoms with Gasteiger partial charge >= 0.3 is 0 Å². The number of pyridine rings is 1. The highest BCUT2D eigenvalue weighted by Crippen LogP contribution is 2.09. The van der Waals surface area contributed by atoms with Gasteiger partial charge in [-0.15, -0.1) is 5.10 Å². The number of carbonyl (C=O) groups is 1. The summed E-state index contributed by atoms with van der Waals surface area (Å²) in [5.41, 5.74) is 0.879. The molecule has 0 unspecified atom stereocenters. The molecule has 0 N–H and O–H groups in total. The predicted molar refractivity (Wildman–Crippen MR) is 53.7 cm³/mol. The first-order chi connectivity index (χ1) is 7.18. The second kappa shape index (κ2) is 3.78. The van der Waals surface area contributed by atoms with Crippen molar-refractivity contribution < 1.29 is 4.79 Å². The first-order valence-electron chi connectivity index (χ1n) is 4.19. The van der Waals surface area contributed by atoms with E-state index in [2.05, 4.69) is 15.3 Å². The van der Waals surface area contributed by atoms with E-state index >= 15 is 0 Å². The molecule has 2 aromatic rings. The van der Waals surface area contributed by atoms with E-state index in [9.17, 15) is 4.79 Å². The van der Waals surface area contributed by atoms with Gasteiger partial charge in [-0.2, -0.15) is 0 Å². The second-order valence-corrected chi connectivity index (χ2v) is 3.33. The molecule has 2 heterocycles. The van der Waals surface area contributed by atoms with E-state index in [1.165, 1.54) is 17.1 Å². The van der Waals surface area contributed by atoms with Crippen LogP contribution in [0.3, 0.4) is 0 Å². The number of nitrogens with zero attached hydrogens (tertiary/aromatic N) is 4. The van der Waals surface area contributed by atoms with Crippen LogP contribution in [-0.2, 0) is 7.05 Å². The number of rotatable bonds is 2. The summed E-state index contributed by atoms with van der Waals surface area (Å²) >= 11 is 5.62. The number of hydrogen-bond acceptors (Lipinski definition) is 4. The minimum Gasteiger partial charge on any atom is -0.287 e. The first kappa shape index (κ1) is 9.79. The van der Waals surface area contributed by atoms with E-state index in [0.29, 0.717) is 16.4 Å². The zero-order valence-electron chi connectivity index (χ0n) is 7.88. The molecule has 15 heavy (non-hydrogen) atoms. The highest BCUT2D eigenvalue weighted by Gasteiger charge is 2.13. The minimum absolute atomic E-state index is 0.174. The molecule has 5 nitrogen and oxygen atoms in total. The van der Waals surface area contributed by atoms with Crippen LogP contribution >= 0.6 is 11.6 Å². The molecule has 0 aromatic carbocycles. The largest absolute Gasteiger partial charge is 0.287 e. The summed E-state index contributed by atoms with van der Waals surface area (Å²) in [6.45, 7) is 0. The molecule has 0 radical (unpaired) electrons. The molecule has 2 aromatic heterocycles. The Labute approximate surface area is 90.7 Å². The van der Waals surface area contributed by atoms with Gasteiger partial charge in [-0.3, -0.25) is 4.79 Å². The van der Waals surface area contributed by atoms with E-state index in [0.717, 1.165) is 0 Å². The van der Waals surface area contributed by atoms with Gasteiger partial charge in [0, 0.05) is 18.8 Å². The Kier molecular flexibility index (Phi) is 2.47. The standard InChI is InChI=1S/C9H7ClN4O/c1-14-7(5-12-13-14)9(15)6-2-3-8(10)11-4-6/h2-5H,1H3. The summed E-state index contributed by atoms with van der Waals surface area (Å²) in [7, 11) is 1.66. The average molecular weight is 223 g/mol. The van der Waals surface area contributed by atoms with Crippen LogP contribution in [0.2, 0.25) is 5.15 Å². The van der Waals surface area contributed by atoms with Gasteiger partial charge in [0.05, 0.1) is 6.20 Å². The summed E-state index contributed by atoms with van der Waals surface area (Å²) < 4.78 is 1.41. The number of ketones is 1. The van der Waals surface area contributed by atoms with Gasteiger partial charge in [-0.25, -0.2) is 9.67 Å². The van der Waals surface area contributed by atoms with E-state index < -0.39 is 0 Å². The number of aromatic nitrogens is 4. The highest BCUT2D eigenvalue weighted by molar-refractivity contribution is 6.29. The lowest BCUT2D eigenvalue weighted by molar-refractivity contribution is 0.103. The van der Waals surface area contributed by atoms with Gasteiger partial charge in [0.25, 0.3) is 0 Å². The van der Waals surface area contributed by atoms with E-state index in [1.54, 1.807) is 19.2 Å². The molecular weight excluding hydrogens is 216 g/mol. The number of halogens is 1. The molecule has 2 rings (SSSR count). The van der Waals surface area contributed by atoms with Crippen LogP contribution in [0.4, 0.5) is 0 Å². The van der Waals surface area contributed by atoms with Gasteiger partial charge < -0.3 is 0 Å². The Bertz CT molecular complexity index is 491. The molecule has 0 saturated heterocycles. The molecule has 0 aliphatic heterocycles. The van der Waals surface area contributed by atoms with Crippen LogP contribution in [0.15, 0.2) is 24.5 Å². The Morgan fingerprint density at radius 1 is 1.40 bits per heavy atom. The van der Waals surface area contributed by atoms with Crippen LogP contribution in [-0.4, -0.2) is 25.8 Å². The maximum absolute atomic E-state index is 11.9. The van der Waals surface area contributed by atoms with Crippen LogP contribution in [0.5, 0.6) is 0 Å². The molecule has 76 valence electrons. The normalized spacial score (nSPS) is 10.3. The number of hydrogen-bond donors (Lipinski definition) is 0. The quantitative estimate of drug-likeness (QED) is 0.564. The van der Waals surface area contributed by atoms with Crippen molar-refractivity contribution in [2.45, 2.75) is 0 Å². The molecule has 0 spiro atoms. The lowest BCUT2D eigenvalue weighted by Gasteiger charge is -1.99. The molecule has 0 saturated carbocycles. The Morgan fingerprint density at radius 3 is 2.73 bits per heavy atom. The molecule has 0 atom stereocenters. The van der Waals surface area contributed by atoms with Gasteiger partial charge in [-0.1, -0.05) is 16.8 Å². The lowest BCUT2D eigenvalue weighted by atomic mass is 10.1. The fourth-order valence-electron chi connectivity index (χ4n) is 1.15. The average Bonchev–Trinajstić information content (AvgIpc) is 2.65. The molecular formula is C9H7ClN4O. The zero-order chi connectivity index (χ0) is 10.8. The fraction of sp³-hybridized carbons (Fsp3) is 0.111. The van der Waals surface area contributed by atoms with Crippen molar-refractivity contribution in [2.24, 2.45) is 7.05 Å². The zero-order valence-corrected chi connectivity index (χ0v) is 8.64. The van der Waals surface area contributed by atoms with Gasteiger partial charge in [-0.05, 0) is 12.1 Å². The molecule has 6 heteroatoms. The molecule has 0 amide bonds. The fourth-order valence-corrected chi connectivity index (χ4v) is 1.27. The number of aryl methyl sites for hydroxylation is 1. The number of carbonyl (C=O) groups excluding carboxylic acids is 1. The maximum atomic E-state index is 11.9. The summed E-state index contributed by atoms with van der Waals surface area (Å²) in [5.74, 6) is -0.174. The van der Waals surface area contributed by atoms with Crippen molar-refractivity contribution in [1.29, 1.82) is 0 Å². The van der Waals surface area contributed by atoms with Crippen molar-refractivity contribution >= 4 is 17.4 Å². The van der Waals surface area contributed by atoms with Crippen LogP contribution < -0.4 is 0 Å². The molecule has 0 aliphatic carbocycles. The monoisotopic (exact) mass is 222 g/mol. The van der Waals surface area contributed by atoms with Crippen molar-refractivity contribution in [3.63, 3.8) is 0 Å². The SMILES string of the molecule is Cn1nncc1C(=O)c1ccc(Cl)nc1. The summed E-state index contributed by atoms with van der Waals surface area (Å²) in [6, 6.07) is 3.18. The first-order valence-corrected chi connectivity index (χ1v) is 4.57. The summed E-state index contributed by atoms with van der Waals surface area (Å²) in [6.07, 6.45) is 2.84. The van der Waals surface area contributed by atoms with Crippen molar-refractivity contribution in [2.75, 3.05) is 0 Å². The highest BCUT2D eigenvalue weighted by atomic mass is 35.5. The second-order valence-electron chi connectivity index (χ2n) is 2.94. The summed E-state index contributed by atoms with van der Waals surface area (Å²) in [4.78, 5) is 15.7. The van der Waals surface area contributed by atoms with Crippen molar-refractivity contribution in [3.8, 4) is 0 Å². The third-order valence-corrected chi connectivity index (χ3v) is 2.16. The third kappa shape index (κ3) is 1.87. The van der Waals surface area contributed by atoms with Crippen LogP contribution in [0.25, 0.3) is 0 Å². The Hall–Kier alpha value is -1.75. The maximum Gasteiger partial charge on any atom is 0.214 e. The smallest absolute Gasteiger partial charge is 0.214 e. The van der Waals surface area contributed by atoms with E-state index in [4.69, 9.17) is 11.6 Å². The van der Waals surface area contributed by atoms with Crippen LogP contribution in [0.1, 0.15) is 16.1 Å². The van der Waals surface area contributed by atoms with Crippen LogP contribution in [0, 0.1) is 0 Å². The van der Waals surface area contributed by atoms with E-state index in [1.807, 2.05) is 0 Å². The topological polar surface area (TPSA) is 60.7 Å². The molecule has 0 bridgehead atoms. The minimum atomic E-state index is -0.174. The summed E-state index contributed by atoms with van der Waals surface area (Å²) in [5, 5.41) is 7.67.